The van der Waals surface area contributed by atoms with Crippen LogP contribution >= 0.6 is 0 Å². The minimum absolute atomic E-state index is 0.0599. The van der Waals surface area contributed by atoms with E-state index >= 15 is 0 Å². The van der Waals surface area contributed by atoms with Crippen LogP contribution in [0.1, 0.15) is 6.92 Å². The van der Waals surface area contributed by atoms with Crippen LogP contribution in [0.3, 0.4) is 0 Å². The molecule has 0 heterocycles. The zero-order valence-electron chi connectivity index (χ0n) is 6.94. The predicted octanol–water partition coefficient (Wildman–Crippen LogP) is -0.170. The molecule has 0 unspecified atom stereocenters. The molecular formula is C7H14N2O2. The highest BCUT2D eigenvalue weighted by Gasteiger charge is 1.94. The number of ether oxygens (including phenoxy) is 1. The van der Waals surface area contributed by atoms with Gasteiger partial charge >= 0.3 is 0 Å². The number of hydrogen-bond donors (Lipinski definition) is 2. The number of carbonyl (C=O) groups is 1. The molecule has 0 rings (SSSR count). The maximum atomic E-state index is 10.6. The molecule has 0 fully saturated rings. The van der Waals surface area contributed by atoms with E-state index < -0.39 is 0 Å². The van der Waals surface area contributed by atoms with E-state index in [1.807, 2.05) is 0 Å². The van der Waals surface area contributed by atoms with Crippen molar-refractivity contribution in [2.75, 3.05) is 20.3 Å². The van der Waals surface area contributed by atoms with Crippen LogP contribution in [0.5, 0.6) is 0 Å². The summed E-state index contributed by atoms with van der Waals surface area (Å²) < 4.78 is 4.95. The molecule has 11 heavy (non-hydrogen) atoms. The van der Waals surface area contributed by atoms with E-state index in [2.05, 4.69) is 17.2 Å². The second-order valence-corrected chi connectivity index (χ2v) is 2.09. The van der Waals surface area contributed by atoms with E-state index in [1.165, 1.54) is 0 Å². The molecule has 0 aliphatic carbocycles. The summed E-state index contributed by atoms with van der Waals surface area (Å²) in [4.78, 5) is 10.6. The van der Waals surface area contributed by atoms with Crippen molar-refractivity contribution in [3.8, 4) is 0 Å². The highest BCUT2D eigenvalue weighted by atomic mass is 16.5. The van der Waals surface area contributed by atoms with Gasteiger partial charge in [-0.25, -0.2) is 0 Å². The van der Waals surface area contributed by atoms with Crippen molar-refractivity contribution >= 4 is 5.91 Å². The Bertz CT molecular complexity index is 145. The number of nitrogens with one attached hydrogen (secondary N) is 2. The molecule has 4 nitrogen and oxygen atoms in total. The first-order chi connectivity index (χ1) is 5.16. The van der Waals surface area contributed by atoms with Gasteiger partial charge < -0.3 is 10.1 Å². The van der Waals surface area contributed by atoms with Crippen molar-refractivity contribution in [2.45, 2.75) is 6.92 Å². The molecule has 64 valence electrons. The Hall–Kier alpha value is -1.03. The van der Waals surface area contributed by atoms with Crippen molar-refractivity contribution in [1.82, 2.24) is 10.6 Å². The standard InChI is InChI=1S/C7H14N2O2/c1-6(2)11-5-9-4-7(10)8-3/h9H,1,4-5H2,2-3H3,(H,8,10). The molecule has 0 aromatic carbocycles. The first-order valence-corrected chi connectivity index (χ1v) is 3.36. The average Bonchev–Trinajstić information content (AvgIpc) is 1.97. The van der Waals surface area contributed by atoms with Gasteiger partial charge in [0, 0.05) is 7.05 Å². The monoisotopic (exact) mass is 158 g/mol. The van der Waals surface area contributed by atoms with E-state index in [1.54, 1.807) is 14.0 Å². The van der Waals surface area contributed by atoms with Gasteiger partial charge in [-0.1, -0.05) is 6.58 Å². The van der Waals surface area contributed by atoms with E-state index in [9.17, 15) is 4.79 Å². The maximum absolute atomic E-state index is 10.6. The van der Waals surface area contributed by atoms with Crippen LogP contribution in [-0.2, 0) is 9.53 Å². The van der Waals surface area contributed by atoms with Crippen LogP contribution in [0.4, 0.5) is 0 Å². The molecule has 0 spiro atoms. The van der Waals surface area contributed by atoms with E-state index in [0.717, 1.165) is 0 Å². The Kier molecular flexibility index (Phi) is 5.20. The van der Waals surface area contributed by atoms with Crippen LogP contribution in [0.2, 0.25) is 0 Å². The SMILES string of the molecule is C=C(C)OCNCC(=O)NC. The molecule has 1 amide bonds. The van der Waals surface area contributed by atoms with Crippen molar-refractivity contribution < 1.29 is 9.53 Å². The fourth-order valence-electron chi connectivity index (χ4n) is 0.427. The van der Waals surface area contributed by atoms with Gasteiger partial charge in [0.15, 0.2) is 0 Å². The molecule has 0 atom stereocenters. The first-order valence-electron chi connectivity index (χ1n) is 3.36. The van der Waals surface area contributed by atoms with E-state index in [0.29, 0.717) is 12.5 Å². The molecule has 0 bridgehead atoms. The third-order valence-corrected chi connectivity index (χ3v) is 0.985. The van der Waals surface area contributed by atoms with Crippen molar-refractivity contribution in [3.63, 3.8) is 0 Å². The van der Waals surface area contributed by atoms with Crippen LogP contribution in [0.25, 0.3) is 0 Å². The molecule has 0 aliphatic rings. The Morgan fingerprint density at radius 3 is 2.73 bits per heavy atom. The fourth-order valence-corrected chi connectivity index (χ4v) is 0.427. The van der Waals surface area contributed by atoms with Gasteiger partial charge in [0.05, 0.1) is 12.3 Å². The molecule has 0 aromatic heterocycles. The number of rotatable bonds is 5. The number of allylic oxidation sites excluding steroid dienone is 1. The third-order valence-electron chi connectivity index (χ3n) is 0.985. The number of likely N-dealkylation sites (N-methyl/N-ethyl adjacent to an activating group) is 1. The summed E-state index contributed by atoms with van der Waals surface area (Å²) in [5.41, 5.74) is 0. The summed E-state index contributed by atoms with van der Waals surface area (Å²) >= 11 is 0. The predicted molar refractivity (Wildman–Crippen MR) is 42.8 cm³/mol. The normalized spacial score (nSPS) is 8.91. The van der Waals surface area contributed by atoms with Crippen LogP contribution < -0.4 is 10.6 Å². The minimum atomic E-state index is -0.0599. The van der Waals surface area contributed by atoms with Gasteiger partial charge in [0.25, 0.3) is 0 Å². The summed E-state index contributed by atoms with van der Waals surface area (Å²) in [7, 11) is 1.59. The molecule has 0 saturated carbocycles. The molecule has 4 heteroatoms. The lowest BCUT2D eigenvalue weighted by atomic mass is 10.6. The molecule has 2 N–H and O–H groups in total. The number of amides is 1. The first kappa shape index (κ1) is 9.97. The van der Waals surface area contributed by atoms with Gasteiger partial charge in [-0.05, 0) is 6.92 Å². The smallest absolute Gasteiger partial charge is 0.233 e. The van der Waals surface area contributed by atoms with E-state index in [-0.39, 0.29) is 12.5 Å². The third kappa shape index (κ3) is 6.86. The fraction of sp³-hybridized carbons (Fsp3) is 0.571. The largest absolute Gasteiger partial charge is 0.484 e. The van der Waals surface area contributed by atoms with E-state index in [4.69, 9.17) is 4.74 Å². The Morgan fingerprint density at radius 1 is 1.64 bits per heavy atom. The summed E-state index contributed by atoms with van der Waals surface area (Å²) in [6.07, 6.45) is 0. The highest BCUT2D eigenvalue weighted by Crippen LogP contribution is 1.85. The summed E-state index contributed by atoms with van der Waals surface area (Å²) in [6.45, 7) is 5.87. The van der Waals surface area contributed by atoms with Gasteiger partial charge in [-0.3, -0.25) is 10.1 Å². The van der Waals surface area contributed by atoms with Crippen molar-refractivity contribution in [1.29, 1.82) is 0 Å². The van der Waals surface area contributed by atoms with Gasteiger partial charge in [0.2, 0.25) is 5.91 Å². The second kappa shape index (κ2) is 5.73. The second-order valence-electron chi connectivity index (χ2n) is 2.09. The number of hydrogen-bond acceptors (Lipinski definition) is 3. The lowest BCUT2D eigenvalue weighted by molar-refractivity contribution is -0.120. The Balaban J connectivity index is 3.14. The zero-order chi connectivity index (χ0) is 8.69. The van der Waals surface area contributed by atoms with Crippen LogP contribution in [0.15, 0.2) is 12.3 Å². The van der Waals surface area contributed by atoms with Gasteiger partial charge in [-0.15, -0.1) is 0 Å². The molecule has 0 aliphatic heterocycles. The lowest BCUT2D eigenvalue weighted by Crippen LogP contribution is -2.32. The maximum Gasteiger partial charge on any atom is 0.233 e. The Labute approximate surface area is 66.6 Å². The lowest BCUT2D eigenvalue weighted by Gasteiger charge is -2.05. The van der Waals surface area contributed by atoms with Crippen molar-refractivity contribution in [2.24, 2.45) is 0 Å². The van der Waals surface area contributed by atoms with Crippen molar-refractivity contribution in [3.05, 3.63) is 12.3 Å². The highest BCUT2D eigenvalue weighted by molar-refractivity contribution is 5.77. The topological polar surface area (TPSA) is 50.4 Å². The average molecular weight is 158 g/mol. The van der Waals surface area contributed by atoms with Crippen LogP contribution in [-0.4, -0.2) is 26.2 Å². The molecular weight excluding hydrogens is 144 g/mol. The van der Waals surface area contributed by atoms with Crippen LogP contribution in [0, 0.1) is 0 Å². The molecule has 0 radical (unpaired) electrons. The summed E-state index contributed by atoms with van der Waals surface area (Å²) in [6, 6.07) is 0. The van der Waals surface area contributed by atoms with Gasteiger partial charge in [0.1, 0.15) is 6.73 Å². The van der Waals surface area contributed by atoms with Gasteiger partial charge in [-0.2, -0.15) is 0 Å². The quantitative estimate of drug-likeness (QED) is 0.332. The zero-order valence-corrected chi connectivity index (χ0v) is 6.94. The molecule has 0 saturated heterocycles. The number of carbonyl (C=O) groups excluding carboxylic acids is 1. The Morgan fingerprint density at radius 2 is 2.27 bits per heavy atom. The summed E-state index contributed by atoms with van der Waals surface area (Å²) in [5, 5.41) is 5.25. The minimum Gasteiger partial charge on any atom is -0.484 e. The summed E-state index contributed by atoms with van der Waals surface area (Å²) in [5.74, 6) is 0.574. The molecule has 0 aromatic rings.